The van der Waals surface area contributed by atoms with Crippen molar-refractivity contribution >= 4 is 5.91 Å². The molecular formula is C12H20N4O2. The fraction of sp³-hybridized carbons (Fsp3) is 0.750. The van der Waals surface area contributed by atoms with Gasteiger partial charge in [0.25, 0.3) is 0 Å². The number of amides is 1. The van der Waals surface area contributed by atoms with E-state index in [0.717, 1.165) is 11.4 Å². The Balaban J connectivity index is 2.21. The number of nitrogens with zero attached hydrogens (tertiary/aromatic N) is 4. The van der Waals surface area contributed by atoms with E-state index in [2.05, 4.69) is 29.1 Å². The molecule has 1 aliphatic heterocycles. The number of hydrogen-bond donors (Lipinski definition) is 0. The van der Waals surface area contributed by atoms with Crippen molar-refractivity contribution in [2.75, 3.05) is 7.05 Å². The summed E-state index contributed by atoms with van der Waals surface area (Å²) in [6.07, 6.45) is 0. The van der Waals surface area contributed by atoms with E-state index in [1.54, 1.807) is 0 Å². The second-order valence-corrected chi connectivity index (χ2v) is 5.07. The number of carbonyl (C=O) groups excluding carboxylic acids is 1. The molecule has 1 amide bonds. The molecule has 0 bridgehead atoms. The van der Waals surface area contributed by atoms with Gasteiger partial charge in [0.05, 0.1) is 6.04 Å². The Morgan fingerprint density at radius 3 is 2.44 bits per heavy atom. The van der Waals surface area contributed by atoms with Crippen LogP contribution < -0.4 is 0 Å². The highest BCUT2D eigenvalue weighted by Crippen LogP contribution is 2.23. The first-order valence-electron chi connectivity index (χ1n) is 6.24. The SMILES string of the molecule is Cc1nonc1CN1[C@H](C)C(=O)N(C)[C@@H](C)[C@@H]1C. The maximum absolute atomic E-state index is 12.1. The third-order valence-electron chi connectivity index (χ3n) is 4.11. The molecule has 0 radical (unpaired) electrons. The minimum Gasteiger partial charge on any atom is -0.340 e. The molecule has 0 spiro atoms. The molecule has 1 saturated heterocycles. The lowest BCUT2D eigenvalue weighted by Crippen LogP contribution is -2.62. The van der Waals surface area contributed by atoms with Gasteiger partial charge in [-0.15, -0.1) is 0 Å². The van der Waals surface area contributed by atoms with Crippen molar-refractivity contribution in [2.45, 2.75) is 52.4 Å². The van der Waals surface area contributed by atoms with Crippen molar-refractivity contribution in [1.82, 2.24) is 20.1 Å². The van der Waals surface area contributed by atoms with E-state index < -0.39 is 0 Å². The second-order valence-electron chi connectivity index (χ2n) is 5.07. The molecule has 1 fully saturated rings. The van der Waals surface area contributed by atoms with Crippen LogP contribution in [0, 0.1) is 6.92 Å². The van der Waals surface area contributed by atoms with Gasteiger partial charge in [0.15, 0.2) is 0 Å². The van der Waals surface area contributed by atoms with Crippen LogP contribution in [0.25, 0.3) is 0 Å². The highest BCUT2D eigenvalue weighted by Gasteiger charge is 2.39. The molecule has 0 N–H and O–H groups in total. The number of piperazine rings is 1. The van der Waals surface area contributed by atoms with Crippen LogP contribution in [0.4, 0.5) is 0 Å². The maximum Gasteiger partial charge on any atom is 0.239 e. The molecule has 0 aromatic carbocycles. The third-order valence-corrected chi connectivity index (χ3v) is 4.11. The summed E-state index contributed by atoms with van der Waals surface area (Å²) in [6, 6.07) is 0.324. The average molecular weight is 252 g/mol. The molecule has 3 atom stereocenters. The lowest BCUT2D eigenvalue weighted by molar-refractivity contribution is -0.146. The number of rotatable bonds is 2. The van der Waals surface area contributed by atoms with Gasteiger partial charge in [-0.3, -0.25) is 9.69 Å². The van der Waals surface area contributed by atoms with Crippen LogP contribution in [0.3, 0.4) is 0 Å². The normalized spacial score (nSPS) is 29.9. The number of hydrogen-bond acceptors (Lipinski definition) is 5. The Morgan fingerprint density at radius 2 is 1.89 bits per heavy atom. The maximum atomic E-state index is 12.1. The Labute approximate surface area is 107 Å². The lowest BCUT2D eigenvalue weighted by atomic mass is 10.00. The van der Waals surface area contributed by atoms with E-state index in [9.17, 15) is 4.79 Å². The van der Waals surface area contributed by atoms with Crippen LogP contribution in [0.2, 0.25) is 0 Å². The average Bonchev–Trinajstić information content (AvgIpc) is 2.75. The van der Waals surface area contributed by atoms with E-state index in [1.165, 1.54) is 0 Å². The molecular weight excluding hydrogens is 232 g/mol. The molecule has 1 aliphatic rings. The fourth-order valence-electron chi connectivity index (χ4n) is 2.44. The zero-order chi connectivity index (χ0) is 13.4. The standard InChI is InChI=1S/C12H20N4O2/c1-7-11(14-18-13-7)6-16-9(3)8(2)15(5)12(17)10(16)4/h8-10H,6H2,1-5H3/t8-,9-,10+/m0/s1. The smallest absolute Gasteiger partial charge is 0.239 e. The second kappa shape index (κ2) is 4.68. The molecule has 1 aromatic rings. The van der Waals surface area contributed by atoms with Gasteiger partial charge in [-0.1, -0.05) is 10.3 Å². The monoisotopic (exact) mass is 252 g/mol. The van der Waals surface area contributed by atoms with Gasteiger partial charge < -0.3 is 4.90 Å². The van der Waals surface area contributed by atoms with Gasteiger partial charge in [-0.05, 0) is 27.7 Å². The molecule has 2 heterocycles. The summed E-state index contributed by atoms with van der Waals surface area (Å²) in [5, 5.41) is 7.67. The van der Waals surface area contributed by atoms with Gasteiger partial charge in [-0.25, -0.2) is 4.63 Å². The highest BCUT2D eigenvalue weighted by molar-refractivity contribution is 5.82. The highest BCUT2D eigenvalue weighted by atomic mass is 16.6. The Kier molecular flexibility index (Phi) is 3.38. The minimum atomic E-state index is -0.141. The van der Waals surface area contributed by atoms with Crippen molar-refractivity contribution in [3.05, 3.63) is 11.4 Å². The first kappa shape index (κ1) is 13.0. The van der Waals surface area contributed by atoms with Crippen LogP contribution in [0.15, 0.2) is 4.63 Å². The summed E-state index contributed by atoms with van der Waals surface area (Å²) in [6.45, 7) is 8.59. The summed E-state index contributed by atoms with van der Waals surface area (Å²) < 4.78 is 4.71. The van der Waals surface area contributed by atoms with E-state index in [-0.39, 0.29) is 24.0 Å². The van der Waals surface area contributed by atoms with E-state index >= 15 is 0 Å². The predicted octanol–water partition coefficient (Wildman–Crippen LogP) is 0.818. The molecule has 1 aromatic heterocycles. The Morgan fingerprint density at radius 1 is 1.22 bits per heavy atom. The van der Waals surface area contributed by atoms with Crippen LogP contribution in [0.1, 0.15) is 32.2 Å². The zero-order valence-corrected chi connectivity index (χ0v) is 11.5. The van der Waals surface area contributed by atoms with Gasteiger partial charge in [0.2, 0.25) is 5.91 Å². The van der Waals surface area contributed by atoms with Crippen LogP contribution in [-0.4, -0.2) is 51.2 Å². The summed E-state index contributed by atoms with van der Waals surface area (Å²) in [5.74, 6) is 0.148. The lowest BCUT2D eigenvalue weighted by Gasteiger charge is -2.46. The molecule has 100 valence electrons. The van der Waals surface area contributed by atoms with Crippen molar-refractivity contribution < 1.29 is 9.42 Å². The summed E-state index contributed by atoms with van der Waals surface area (Å²) in [7, 11) is 1.86. The molecule has 6 heteroatoms. The molecule has 0 unspecified atom stereocenters. The quantitative estimate of drug-likeness (QED) is 0.779. The largest absolute Gasteiger partial charge is 0.340 e. The molecule has 6 nitrogen and oxygen atoms in total. The van der Waals surface area contributed by atoms with Gasteiger partial charge in [0.1, 0.15) is 11.4 Å². The number of carbonyl (C=O) groups is 1. The van der Waals surface area contributed by atoms with Crippen molar-refractivity contribution in [1.29, 1.82) is 0 Å². The van der Waals surface area contributed by atoms with Gasteiger partial charge in [0, 0.05) is 25.7 Å². The van der Waals surface area contributed by atoms with Gasteiger partial charge in [-0.2, -0.15) is 0 Å². The van der Waals surface area contributed by atoms with Crippen molar-refractivity contribution in [2.24, 2.45) is 0 Å². The minimum absolute atomic E-state index is 0.141. The first-order chi connectivity index (χ1) is 8.43. The summed E-state index contributed by atoms with van der Waals surface area (Å²) in [5.41, 5.74) is 1.59. The Bertz CT molecular complexity index is 445. The first-order valence-corrected chi connectivity index (χ1v) is 6.24. The van der Waals surface area contributed by atoms with Crippen LogP contribution >= 0.6 is 0 Å². The third kappa shape index (κ3) is 2.01. The van der Waals surface area contributed by atoms with Crippen LogP contribution in [-0.2, 0) is 11.3 Å². The molecule has 18 heavy (non-hydrogen) atoms. The summed E-state index contributed by atoms with van der Waals surface area (Å²) >= 11 is 0. The van der Waals surface area contributed by atoms with E-state index in [4.69, 9.17) is 4.63 Å². The number of aryl methyl sites for hydroxylation is 1. The number of aromatic nitrogens is 2. The van der Waals surface area contributed by atoms with Crippen molar-refractivity contribution in [3.8, 4) is 0 Å². The fourth-order valence-corrected chi connectivity index (χ4v) is 2.44. The number of likely N-dealkylation sites (N-methyl/N-ethyl adjacent to an activating group) is 1. The zero-order valence-electron chi connectivity index (χ0n) is 11.5. The van der Waals surface area contributed by atoms with Gasteiger partial charge >= 0.3 is 0 Å². The van der Waals surface area contributed by atoms with E-state index in [1.807, 2.05) is 25.8 Å². The Hall–Kier alpha value is -1.43. The topological polar surface area (TPSA) is 62.5 Å². The molecule has 2 rings (SSSR count). The summed E-state index contributed by atoms with van der Waals surface area (Å²) in [4.78, 5) is 16.1. The predicted molar refractivity (Wildman–Crippen MR) is 65.7 cm³/mol. The van der Waals surface area contributed by atoms with E-state index in [0.29, 0.717) is 6.54 Å². The molecule has 0 saturated carbocycles. The van der Waals surface area contributed by atoms with Crippen LogP contribution in [0.5, 0.6) is 0 Å². The van der Waals surface area contributed by atoms with Crippen molar-refractivity contribution in [3.63, 3.8) is 0 Å². The molecule has 0 aliphatic carbocycles.